The standard InChI is InChI=1S/C3H6GeN/c4-5-2-1-3-5/h1-3H2. The Bertz CT molecular complexity index is 33.9. The van der Waals surface area contributed by atoms with Crippen LogP contribution in [0.1, 0.15) is 6.42 Å². The van der Waals surface area contributed by atoms with Crippen LogP contribution >= 0.6 is 0 Å². The fourth-order valence-corrected chi connectivity index (χ4v) is 0.980. The molecule has 1 aliphatic rings. The molecule has 0 N–H and O–H groups in total. The third-order valence-electron chi connectivity index (χ3n) is 0.856. The molecule has 1 heterocycles. The van der Waals surface area contributed by atoms with Gasteiger partial charge >= 0.3 is 40.1 Å². The van der Waals surface area contributed by atoms with E-state index in [2.05, 4.69) is 20.6 Å². The summed E-state index contributed by atoms with van der Waals surface area (Å²) >= 11 is 2.14. The van der Waals surface area contributed by atoms with Crippen LogP contribution in [0.3, 0.4) is 0 Å². The van der Waals surface area contributed by atoms with Gasteiger partial charge in [0, 0.05) is 0 Å². The maximum atomic E-state index is 2.31. The van der Waals surface area contributed by atoms with Gasteiger partial charge < -0.3 is 0 Å². The average molecular weight is 129 g/mol. The van der Waals surface area contributed by atoms with E-state index in [0.717, 1.165) is 0 Å². The van der Waals surface area contributed by atoms with Crippen LogP contribution < -0.4 is 0 Å². The quantitative estimate of drug-likeness (QED) is 0.408. The average Bonchev–Trinajstić information content (AvgIpc) is 1.30. The van der Waals surface area contributed by atoms with Crippen molar-refractivity contribution >= 4 is 16.7 Å². The number of hydrogen-bond donors (Lipinski definition) is 0. The number of nitrogens with zero attached hydrogens (tertiary/aromatic N) is 1. The van der Waals surface area contributed by atoms with Crippen molar-refractivity contribution in [2.45, 2.75) is 6.42 Å². The molecular weight excluding hydrogens is 123 g/mol. The molecule has 1 rings (SSSR count). The summed E-state index contributed by atoms with van der Waals surface area (Å²) in [5.41, 5.74) is 0. The van der Waals surface area contributed by atoms with E-state index < -0.39 is 0 Å². The van der Waals surface area contributed by atoms with Crippen LogP contribution in [0.25, 0.3) is 0 Å². The first-order chi connectivity index (χ1) is 2.39. The molecule has 3 radical (unpaired) electrons. The van der Waals surface area contributed by atoms with Crippen molar-refractivity contribution in [1.29, 1.82) is 0 Å². The summed E-state index contributed by atoms with van der Waals surface area (Å²) in [4.78, 5) is 0. The zero-order valence-corrected chi connectivity index (χ0v) is 5.17. The Kier molecular flexibility index (Phi) is 0.963. The van der Waals surface area contributed by atoms with Crippen molar-refractivity contribution in [2.24, 2.45) is 0 Å². The van der Waals surface area contributed by atoms with Gasteiger partial charge in [0.05, 0.1) is 0 Å². The van der Waals surface area contributed by atoms with Crippen molar-refractivity contribution in [2.75, 3.05) is 13.1 Å². The van der Waals surface area contributed by atoms with Gasteiger partial charge in [-0.2, -0.15) is 0 Å². The Labute approximate surface area is 40.8 Å². The molecule has 0 aromatic carbocycles. The van der Waals surface area contributed by atoms with Crippen molar-refractivity contribution in [3.05, 3.63) is 0 Å². The van der Waals surface area contributed by atoms with Gasteiger partial charge in [-0.15, -0.1) is 0 Å². The van der Waals surface area contributed by atoms with Crippen molar-refractivity contribution < 1.29 is 0 Å². The van der Waals surface area contributed by atoms with Crippen molar-refractivity contribution in [3.63, 3.8) is 0 Å². The second kappa shape index (κ2) is 1.31. The van der Waals surface area contributed by atoms with E-state index in [1.165, 1.54) is 19.5 Å². The number of hydrogen-bond acceptors (Lipinski definition) is 1. The van der Waals surface area contributed by atoms with Crippen LogP contribution in [0.4, 0.5) is 0 Å². The van der Waals surface area contributed by atoms with Gasteiger partial charge in [0.1, 0.15) is 0 Å². The zero-order chi connectivity index (χ0) is 3.70. The summed E-state index contributed by atoms with van der Waals surface area (Å²) in [5, 5.41) is 0. The van der Waals surface area contributed by atoms with Gasteiger partial charge in [-0.3, -0.25) is 0 Å². The SMILES string of the molecule is [Ge][N]1CCC1. The fraction of sp³-hybridized carbons (Fsp3) is 1.00. The maximum absolute atomic E-state index is 2.31. The van der Waals surface area contributed by atoms with E-state index in [9.17, 15) is 0 Å². The summed E-state index contributed by atoms with van der Waals surface area (Å²) in [6, 6.07) is 0. The van der Waals surface area contributed by atoms with E-state index in [1.807, 2.05) is 0 Å². The third kappa shape index (κ3) is 0.667. The van der Waals surface area contributed by atoms with Gasteiger partial charge in [-0.1, -0.05) is 0 Å². The van der Waals surface area contributed by atoms with Crippen LogP contribution in [-0.4, -0.2) is 33.7 Å². The number of rotatable bonds is 0. The molecule has 0 aromatic rings. The van der Waals surface area contributed by atoms with Crippen LogP contribution in [0.5, 0.6) is 0 Å². The first-order valence-electron chi connectivity index (χ1n) is 1.86. The van der Waals surface area contributed by atoms with Crippen LogP contribution in [-0.2, 0) is 0 Å². The molecule has 1 aliphatic heterocycles. The summed E-state index contributed by atoms with van der Waals surface area (Å²) in [6.07, 6.45) is 1.41. The summed E-state index contributed by atoms with van der Waals surface area (Å²) in [7, 11) is 0. The first kappa shape index (κ1) is 3.68. The Morgan fingerprint density at radius 3 is 1.80 bits per heavy atom. The normalized spacial score (nSPS) is 25.8. The summed E-state index contributed by atoms with van der Waals surface area (Å²) in [5.74, 6) is 0. The van der Waals surface area contributed by atoms with E-state index in [4.69, 9.17) is 0 Å². The first-order valence-corrected chi connectivity index (χ1v) is 2.79. The van der Waals surface area contributed by atoms with Gasteiger partial charge in [-0.05, 0) is 0 Å². The fourth-order valence-electron chi connectivity index (χ4n) is 0.316. The van der Waals surface area contributed by atoms with E-state index >= 15 is 0 Å². The van der Waals surface area contributed by atoms with Gasteiger partial charge in [-0.25, -0.2) is 0 Å². The van der Waals surface area contributed by atoms with E-state index in [-0.39, 0.29) is 0 Å². The molecule has 0 aliphatic carbocycles. The summed E-state index contributed by atoms with van der Waals surface area (Å²) < 4.78 is 2.31. The topological polar surface area (TPSA) is 3.24 Å². The predicted octanol–water partition coefficient (Wildman–Crippen LogP) is -0.224. The van der Waals surface area contributed by atoms with E-state index in [1.54, 1.807) is 0 Å². The van der Waals surface area contributed by atoms with Crippen LogP contribution in [0.2, 0.25) is 0 Å². The molecule has 0 bridgehead atoms. The molecule has 1 nitrogen and oxygen atoms in total. The second-order valence-corrected chi connectivity index (χ2v) is 2.67. The van der Waals surface area contributed by atoms with Gasteiger partial charge in [0.15, 0.2) is 0 Å². The van der Waals surface area contributed by atoms with Crippen LogP contribution in [0, 0.1) is 0 Å². The Morgan fingerprint density at radius 1 is 1.40 bits per heavy atom. The molecule has 1 fully saturated rings. The molecular formula is C3H6GeN. The van der Waals surface area contributed by atoms with Crippen molar-refractivity contribution in [1.82, 2.24) is 3.86 Å². The Morgan fingerprint density at radius 2 is 1.80 bits per heavy atom. The second-order valence-electron chi connectivity index (χ2n) is 1.34. The molecule has 0 unspecified atom stereocenters. The minimum absolute atomic E-state index is 1.32. The molecule has 0 aromatic heterocycles. The van der Waals surface area contributed by atoms with Gasteiger partial charge in [0.25, 0.3) is 0 Å². The Hall–Kier alpha value is 0.503. The molecule has 0 saturated carbocycles. The summed E-state index contributed by atoms with van der Waals surface area (Å²) in [6.45, 7) is 2.64. The van der Waals surface area contributed by atoms with Crippen LogP contribution in [0.15, 0.2) is 0 Å². The predicted molar refractivity (Wildman–Crippen MR) is 21.9 cm³/mol. The minimum atomic E-state index is 1.32. The molecule has 5 heavy (non-hydrogen) atoms. The monoisotopic (exact) mass is 130 g/mol. The third-order valence-corrected chi connectivity index (χ3v) is 1.79. The molecule has 27 valence electrons. The zero-order valence-electron chi connectivity index (χ0n) is 3.07. The molecule has 0 amide bonds. The molecule has 0 atom stereocenters. The van der Waals surface area contributed by atoms with Gasteiger partial charge in [0.2, 0.25) is 0 Å². The molecule has 2 heteroatoms. The molecule has 0 spiro atoms. The molecule has 1 saturated heterocycles. The van der Waals surface area contributed by atoms with Crippen molar-refractivity contribution in [3.8, 4) is 0 Å². The Balaban J connectivity index is 2.08. The van der Waals surface area contributed by atoms with E-state index in [0.29, 0.717) is 0 Å².